The molecule has 1 aliphatic heterocycles. The van der Waals surface area contributed by atoms with E-state index in [0.717, 1.165) is 42.5 Å². The Balaban J connectivity index is 1.49. The molecule has 2 aromatic carbocycles. The highest BCUT2D eigenvalue weighted by molar-refractivity contribution is 5.94. The van der Waals surface area contributed by atoms with Crippen molar-refractivity contribution in [3.05, 3.63) is 70.5 Å². The van der Waals surface area contributed by atoms with Crippen molar-refractivity contribution >= 4 is 16.8 Å². The smallest absolute Gasteiger partial charge is 0.256 e. The Morgan fingerprint density at radius 1 is 1.07 bits per heavy atom. The van der Waals surface area contributed by atoms with E-state index in [1.54, 1.807) is 12.1 Å². The number of nitrogens with one attached hydrogen (secondary N) is 2. The summed E-state index contributed by atoms with van der Waals surface area (Å²) in [6.45, 7) is 2.22. The SMILES string of the molecule is O=C(NCC1CCOCC1)c1ccc(-c2cc3ccccc3[nH]c2=O)cc1. The fourth-order valence-corrected chi connectivity index (χ4v) is 3.45. The first-order chi connectivity index (χ1) is 13.2. The molecule has 0 unspecified atom stereocenters. The number of aromatic nitrogens is 1. The molecule has 0 spiro atoms. The van der Waals surface area contributed by atoms with Gasteiger partial charge in [-0.2, -0.15) is 0 Å². The monoisotopic (exact) mass is 362 g/mol. The predicted molar refractivity (Wildman–Crippen MR) is 106 cm³/mol. The van der Waals surface area contributed by atoms with Gasteiger partial charge in [0, 0.05) is 36.4 Å². The molecule has 0 atom stereocenters. The molecule has 1 saturated heterocycles. The van der Waals surface area contributed by atoms with Crippen molar-refractivity contribution in [3.8, 4) is 11.1 Å². The molecule has 0 bridgehead atoms. The minimum absolute atomic E-state index is 0.0829. The van der Waals surface area contributed by atoms with Gasteiger partial charge in [0.15, 0.2) is 0 Å². The maximum Gasteiger partial charge on any atom is 0.256 e. The van der Waals surface area contributed by atoms with E-state index in [9.17, 15) is 9.59 Å². The van der Waals surface area contributed by atoms with Crippen LogP contribution >= 0.6 is 0 Å². The van der Waals surface area contributed by atoms with Crippen molar-refractivity contribution in [1.82, 2.24) is 10.3 Å². The van der Waals surface area contributed by atoms with E-state index in [0.29, 0.717) is 23.6 Å². The zero-order chi connectivity index (χ0) is 18.6. The molecular formula is C22H22N2O3. The number of rotatable bonds is 4. The molecule has 2 N–H and O–H groups in total. The molecule has 1 aliphatic rings. The Hall–Kier alpha value is -2.92. The Labute approximate surface area is 157 Å². The van der Waals surface area contributed by atoms with Gasteiger partial charge >= 0.3 is 0 Å². The zero-order valence-corrected chi connectivity index (χ0v) is 15.0. The van der Waals surface area contributed by atoms with Gasteiger partial charge in [0.1, 0.15) is 0 Å². The predicted octanol–water partition coefficient (Wildman–Crippen LogP) is 3.35. The van der Waals surface area contributed by atoms with Crippen LogP contribution in [0.25, 0.3) is 22.0 Å². The number of H-pyrrole nitrogens is 1. The molecule has 1 fully saturated rings. The number of pyridine rings is 1. The van der Waals surface area contributed by atoms with Crippen LogP contribution in [0.5, 0.6) is 0 Å². The van der Waals surface area contributed by atoms with E-state index in [-0.39, 0.29) is 11.5 Å². The lowest BCUT2D eigenvalue weighted by Crippen LogP contribution is -2.32. The molecule has 5 heteroatoms. The molecule has 0 saturated carbocycles. The summed E-state index contributed by atoms with van der Waals surface area (Å²) in [6.07, 6.45) is 1.98. The third kappa shape index (κ3) is 3.93. The first kappa shape index (κ1) is 17.5. The standard InChI is InChI=1S/C22H22N2O3/c25-21(23-14-15-9-11-27-12-10-15)17-7-5-16(6-8-17)19-13-18-3-1-2-4-20(18)24-22(19)26/h1-8,13,15H,9-12,14H2,(H,23,25)(H,24,26). The van der Waals surface area contributed by atoms with Crippen molar-refractivity contribution in [2.24, 2.45) is 5.92 Å². The van der Waals surface area contributed by atoms with E-state index < -0.39 is 0 Å². The van der Waals surface area contributed by atoms with Gasteiger partial charge in [-0.05, 0) is 54.0 Å². The molecule has 2 heterocycles. The van der Waals surface area contributed by atoms with Gasteiger partial charge in [-0.1, -0.05) is 30.3 Å². The lowest BCUT2D eigenvalue weighted by atomic mass is 10.00. The second-order valence-corrected chi connectivity index (χ2v) is 6.94. The quantitative estimate of drug-likeness (QED) is 0.748. The van der Waals surface area contributed by atoms with E-state index in [1.807, 2.05) is 42.5 Å². The van der Waals surface area contributed by atoms with Crippen LogP contribution in [0.15, 0.2) is 59.4 Å². The fourth-order valence-electron chi connectivity index (χ4n) is 3.45. The molecule has 3 aromatic rings. The van der Waals surface area contributed by atoms with Gasteiger partial charge < -0.3 is 15.0 Å². The molecule has 27 heavy (non-hydrogen) atoms. The summed E-state index contributed by atoms with van der Waals surface area (Å²) >= 11 is 0. The van der Waals surface area contributed by atoms with Crippen LogP contribution in [-0.2, 0) is 4.74 Å². The van der Waals surface area contributed by atoms with Gasteiger partial charge in [0.25, 0.3) is 11.5 Å². The van der Waals surface area contributed by atoms with Crippen LogP contribution in [-0.4, -0.2) is 30.6 Å². The largest absolute Gasteiger partial charge is 0.381 e. The highest BCUT2D eigenvalue weighted by Crippen LogP contribution is 2.20. The lowest BCUT2D eigenvalue weighted by molar-refractivity contribution is 0.0642. The second-order valence-electron chi connectivity index (χ2n) is 6.94. The number of para-hydroxylation sites is 1. The molecule has 0 aliphatic carbocycles. The molecule has 0 radical (unpaired) electrons. The summed E-state index contributed by atoms with van der Waals surface area (Å²) < 4.78 is 5.34. The highest BCUT2D eigenvalue weighted by atomic mass is 16.5. The molecule has 1 aromatic heterocycles. The van der Waals surface area contributed by atoms with E-state index >= 15 is 0 Å². The second kappa shape index (κ2) is 7.76. The van der Waals surface area contributed by atoms with Crippen molar-refractivity contribution in [1.29, 1.82) is 0 Å². The van der Waals surface area contributed by atoms with Gasteiger partial charge in [-0.3, -0.25) is 9.59 Å². The van der Waals surface area contributed by atoms with Crippen LogP contribution in [0, 0.1) is 5.92 Å². The van der Waals surface area contributed by atoms with Gasteiger partial charge in [-0.15, -0.1) is 0 Å². The maximum atomic E-state index is 12.4. The zero-order valence-electron chi connectivity index (χ0n) is 15.0. The molecule has 5 nitrogen and oxygen atoms in total. The van der Waals surface area contributed by atoms with Crippen LogP contribution in [0.4, 0.5) is 0 Å². The highest BCUT2D eigenvalue weighted by Gasteiger charge is 2.15. The third-order valence-electron chi connectivity index (χ3n) is 5.10. The lowest BCUT2D eigenvalue weighted by Gasteiger charge is -2.22. The van der Waals surface area contributed by atoms with Gasteiger partial charge in [0.05, 0.1) is 0 Å². The van der Waals surface area contributed by atoms with Crippen LogP contribution in [0.3, 0.4) is 0 Å². The number of hydrogen-bond donors (Lipinski definition) is 2. The normalized spacial score (nSPS) is 15.0. The Bertz CT molecular complexity index is 1000. The van der Waals surface area contributed by atoms with Crippen molar-refractivity contribution in [2.75, 3.05) is 19.8 Å². The number of hydrogen-bond acceptors (Lipinski definition) is 3. The van der Waals surface area contributed by atoms with Crippen LogP contribution in [0.1, 0.15) is 23.2 Å². The first-order valence-corrected chi connectivity index (χ1v) is 9.29. The van der Waals surface area contributed by atoms with E-state index in [1.165, 1.54) is 0 Å². The number of benzene rings is 2. The topological polar surface area (TPSA) is 71.2 Å². The Morgan fingerprint density at radius 3 is 2.59 bits per heavy atom. The fraction of sp³-hybridized carbons (Fsp3) is 0.273. The number of ether oxygens (including phenoxy) is 1. The molecule has 1 amide bonds. The first-order valence-electron chi connectivity index (χ1n) is 9.29. The summed E-state index contributed by atoms with van der Waals surface area (Å²) in [6, 6.07) is 16.7. The molecule has 138 valence electrons. The van der Waals surface area contributed by atoms with Crippen LogP contribution in [0.2, 0.25) is 0 Å². The van der Waals surface area contributed by atoms with Crippen molar-refractivity contribution in [3.63, 3.8) is 0 Å². The van der Waals surface area contributed by atoms with Crippen molar-refractivity contribution < 1.29 is 9.53 Å². The Morgan fingerprint density at radius 2 is 1.81 bits per heavy atom. The van der Waals surface area contributed by atoms with Crippen molar-refractivity contribution in [2.45, 2.75) is 12.8 Å². The average Bonchev–Trinajstić information content (AvgIpc) is 2.72. The minimum Gasteiger partial charge on any atom is -0.381 e. The number of aromatic amines is 1. The van der Waals surface area contributed by atoms with E-state index in [4.69, 9.17) is 4.74 Å². The maximum absolute atomic E-state index is 12.4. The minimum atomic E-state index is -0.134. The summed E-state index contributed by atoms with van der Waals surface area (Å²) in [7, 11) is 0. The molecular weight excluding hydrogens is 340 g/mol. The van der Waals surface area contributed by atoms with Gasteiger partial charge in [0.2, 0.25) is 0 Å². The Kier molecular flexibility index (Phi) is 5.03. The van der Waals surface area contributed by atoms with Crippen LogP contribution < -0.4 is 10.9 Å². The number of fused-ring (bicyclic) bond motifs is 1. The molecule has 4 rings (SSSR count). The van der Waals surface area contributed by atoms with Gasteiger partial charge in [-0.25, -0.2) is 0 Å². The number of carbonyl (C=O) groups excluding carboxylic acids is 1. The summed E-state index contributed by atoms with van der Waals surface area (Å²) in [5, 5.41) is 3.98. The summed E-state index contributed by atoms with van der Waals surface area (Å²) in [5.41, 5.74) is 2.68. The number of amides is 1. The third-order valence-corrected chi connectivity index (χ3v) is 5.10. The average molecular weight is 362 g/mol. The summed E-state index contributed by atoms with van der Waals surface area (Å²) in [4.78, 5) is 27.7. The number of carbonyl (C=O) groups is 1. The summed E-state index contributed by atoms with van der Waals surface area (Å²) in [5.74, 6) is 0.401. The van der Waals surface area contributed by atoms with E-state index in [2.05, 4.69) is 10.3 Å².